The van der Waals surface area contributed by atoms with Crippen molar-refractivity contribution in [2.75, 3.05) is 19.8 Å². The second kappa shape index (κ2) is 6.09. The van der Waals surface area contributed by atoms with Crippen LogP contribution in [-0.2, 0) is 18.3 Å². The molecular weight excluding hydrogens is 310 g/mol. The zero-order valence-corrected chi connectivity index (χ0v) is 14.1. The van der Waals surface area contributed by atoms with Crippen LogP contribution in [0.15, 0.2) is 23.2 Å². The quantitative estimate of drug-likeness (QED) is 0.846. The predicted molar refractivity (Wildman–Crippen MR) is 88.6 cm³/mol. The summed E-state index contributed by atoms with van der Waals surface area (Å²) in [5.41, 5.74) is 2.99. The van der Waals surface area contributed by atoms with E-state index in [0.29, 0.717) is 19.7 Å². The van der Waals surface area contributed by atoms with Crippen molar-refractivity contribution in [3.8, 4) is 0 Å². The molecule has 0 radical (unpaired) electrons. The van der Waals surface area contributed by atoms with Gasteiger partial charge in [-0.1, -0.05) is 0 Å². The molecule has 1 unspecified atom stereocenters. The van der Waals surface area contributed by atoms with Crippen LogP contribution in [0.2, 0.25) is 0 Å². The van der Waals surface area contributed by atoms with Crippen molar-refractivity contribution in [3.63, 3.8) is 0 Å². The fourth-order valence-electron chi connectivity index (χ4n) is 3.25. The Hall–Kier alpha value is -1.66. The molecule has 2 aliphatic rings. The molecule has 1 aliphatic carbocycles. The lowest BCUT2D eigenvalue weighted by Gasteiger charge is -2.32. The summed E-state index contributed by atoms with van der Waals surface area (Å²) < 4.78 is 8.00. The summed E-state index contributed by atoms with van der Waals surface area (Å²) in [7, 11) is 2.02. The Morgan fingerprint density at radius 1 is 1.43 bits per heavy atom. The van der Waals surface area contributed by atoms with Gasteiger partial charge < -0.3 is 14.2 Å². The number of aromatic nitrogens is 2. The lowest BCUT2D eigenvalue weighted by atomic mass is 9.98. The van der Waals surface area contributed by atoms with Crippen LogP contribution in [0.25, 0.3) is 0 Å². The monoisotopic (exact) mass is 331 g/mol. The standard InChI is InChI=1S/C17H21N3O2S/c1-19-11-18-15-7-20(17(21)13-4-5-23-10-13)6-14(16(15)19)9-22-8-12-2-3-12/h4-5,10-12,14H,2-3,6-9H2,1H3. The number of hydrogen-bond donors (Lipinski definition) is 0. The van der Waals surface area contributed by atoms with Gasteiger partial charge in [0, 0.05) is 37.2 Å². The largest absolute Gasteiger partial charge is 0.380 e. The Balaban J connectivity index is 1.51. The fourth-order valence-corrected chi connectivity index (χ4v) is 3.88. The highest BCUT2D eigenvalue weighted by Crippen LogP contribution is 2.31. The number of ether oxygens (including phenoxy) is 1. The molecule has 2 aromatic rings. The van der Waals surface area contributed by atoms with Gasteiger partial charge in [-0.25, -0.2) is 4.98 Å². The number of thiophene rings is 1. The van der Waals surface area contributed by atoms with E-state index in [1.54, 1.807) is 11.3 Å². The van der Waals surface area contributed by atoms with E-state index in [-0.39, 0.29) is 11.8 Å². The second-order valence-corrected chi connectivity index (χ2v) is 7.34. The Bertz CT molecular complexity index is 691. The minimum absolute atomic E-state index is 0.0924. The van der Waals surface area contributed by atoms with Crippen molar-refractivity contribution >= 4 is 17.2 Å². The van der Waals surface area contributed by atoms with Crippen LogP contribution in [0.1, 0.15) is 40.5 Å². The van der Waals surface area contributed by atoms with E-state index < -0.39 is 0 Å². The second-order valence-electron chi connectivity index (χ2n) is 6.56. The highest BCUT2D eigenvalue weighted by Gasteiger charge is 2.32. The number of carbonyl (C=O) groups excluding carboxylic acids is 1. The Labute approximate surface area is 139 Å². The van der Waals surface area contributed by atoms with E-state index >= 15 is 0 Å². The third-order valence-corrected chi connectivity index (χ3v) is 5.34. The van der Waals surface area contributed by atoms with Crippen LogP contribution in [0.4, 0.5) is 0 Å². The highest BCUT2D eigenvalue weighted by molar-refractivity contribution is 7.08. The van der Waals surface area contributed by atoms with E-state index in [4.69, 9.17) is 4.74 Å². The molecular formula is C17H21N3O2S. The first-order valence-electron chi connectivity index (χ1n) is 8.11. The number of rotatable bonds is 5. The van der Waals surface area contributed by atoms with E-state index in [2.05, 4.69) is 9.55 Å². The molecule has 0 aromatic carbocycles. The maximum atomic E-state index is 12.7. The number of hydrogen-bond acceptors (Lipinski definition) is 4. The van der Waals surface area contributed by atoms with Gasteiger partial charge in [0.2, 0.25) is 0 Å². The van der Waals surface area contributed by atoms with Crippen molar-refractivity contribution in [1.82, 2.24) is 14.5 Å². The number of imidazole rings is 1. The van der Waals surface area contributed by atoms with Crippen molar-refractivity contribution in [1.29, 1.82) is 0 Å². The maximum absolute atomic E-state index is 12.7. The van der Waals surface area contributed by atoms with E-state index in [0.717, 1.165) is 23.8 Å². The fraction of sp³-hybridized carbons (Fsp3) is 0.529. The number of aryl methyl sites for hydroxylation is 1. The number of fused-ring (bicyclic) bond motifs is 1. The lowest BCUT2D eigenvalue weighted by molar-refractivity contribution is 0.0619. The summed E-state index contributed by atoms with van der Waals surface area (Å²) >= 11 is 1.55. The molecule has 1 fully saturated rings. The van der Waals surface area contributed by atoms with Gasteiger partial charge >= 0.3 is 0 Å². The SMILES string of the molecule is Cn1cnc2c1C(COCC1CC1)CN(C(=O)c1ccsc1)C2. The molecule has 0 saturated heterocycles. The van der Waals surface area contributed by atoms with Gasteiger partial charge in [0.25, 0.3) is 5.91 Å². The van der Waals surface area contributed by atoms with Crippen LogP contribution in [0.5, 0.6) is 0 Å². The molecule has 23 heavy (non-hydrogen) atoms. The molecule has 1 aliphatic heterocycles. The van der Waals surface area contributed by atoms with Gasteiger partial charge in [-0.15, -0.1) is 0 Å². The average Bonchev–Trinajstić information content (AvgIpc) is 3.07. The zero-order valence-electron chi connectivity index (χ0n) is 13.3. The van der Waals surface area contributed by atoms with Crippen LogP contribution in [0, 0.1) is 5.92 Å². The minimum atomic E-state index is 0.0924. The first kappa shape index (κ1) is 14.9. The first-order valence-corrected chi connectivity index (χ1v) is 9.06. The van der Waals surface area contributed by atoms with Crippen LogP contribution in [0.3, 0.4) is 0 Å². The first-order chi connectivity index (χ1) is 11.2. The van der Waals surface area contributed by atoms with Gasteiger partial charge in [0.1, 0.15) is 0 Å². The van der Waals surface area contributed by atoms with Gasteiger partial charge in [-0.2, -0.15) is 11.3 Å². The summed E-state index contributed by atoms with van der Waals surface area (Å²) in [6.45, 7) is 2.80. The number of nitrogens with zero attached hydrogens (tertiary/aromatic N) is 3. The number of amides is 1. The Morgan fingerprint density at radius 3 is 3.04 bits per heavy atom. The molecule has 0 bridgehead atoms. The van der Waals surface area contributed by atoms with E-state index in [9.17, 15) is 4.79 Å². The van der Waals surface area contributed by atoms with Crippen molar-refractivity contribution in [2.45, 2.75) is 25.3 Å². The van der Waals surface area contributed by atoms with Gasteiger partial charge in [0.15, 0.2) is 0 Å². The van der Waals surface area contributed by atoms with Crippen LogP contribution >= 0.6 is 11.3 Å². The summed E-state index contributed by atoms with van der Waals surface area (Å²) in [6, 6.07) is 1.89. The number of carbonyl (C=O) groups is 1. The van der Waals surface area contributed by atoms with Crippen molar-refractivity contribution in [3.05, 3.63) is 40.1 Å². The molecule has 1 atom stereocenters. The van der Waals surface area contributed by atoms with E-state index in [1.807, 2.05) is 35.1 Å². The van der Waals surface area contributed by atoms with Crippen LogP contribution < -0.4 is 0 Å². The third-order valence-electron chi connectivity index (χ3n) is 4.66. The molecule has 0 spiro atoms. The molecule has 122 valence electrons. The molecule has 1 saturated carbocycles. The molecule has 3 heterocycles. The topological polar surface area (TPSA) is 47.4 Å². The van der Waals surface area contributed by atoms with Crippen LogP contribution in [-0.4, -0.2) is 40.1 Å². The predicted octanol–water partition coefficient (Wildman–Crippen LogP) is 2.65. The summed E-state index contributed by atoms with van der Waals surface area (Å²) in [5.74, 6) is 1.05. The Kier molecular flexibility index (Phi) is 3.95. The summed E-state index contributed by atoms with van der Waals surface area (Å²) in [6.07, 6.45) is 4.44. The summed E-state index contributed by atoms with van der Waals surface area (Å²) in [5, 5.41) is 3.86. The smallest absolute Gasteiger partial charge is 0.255 e. The normalized spacial score (nSPS) is 20.6. The van der Waals surface area contributed by atoms with E-state index in [1.165, 1.54) is 18.5 Å². The third kappa shape index (κ3) is 3.05. The van der Waals surface area contributed by atoms with Gasteiger partial charge in [-0.05, 0) is 30.2 Å². The summed E-state index contributed by atoms with van der Waals surface area (Å²) in [4.78, 5) is 19.1. The molecule has 5 nitrogen and oxygen atoms in total. The zero-order chi connectivity index (χ0) is 15.8. The maximum Gasteiger partial charge on any atom is 0.255 e. The van der Waals surface area contributed by atoms with Gasteiger partial charge in [0.05, 0.1) is 30.7 Å². The highest BCUT2D eigenvalue weighted by atomic mass is 32.1. The molecule has 4 rings (SSSR count). The minimum Gasteiger partial charge on any atom is -0.380 e. The van der Waals surface area contributed by atoms with Crippen molar-refractivity contribution in [2.24, 2.45) is 13.0 Å². The van der Waals surface area contributed by atoms with Crippen molar-refractivity contribution < 1.29 is 9.53 Å². The molecule has 6 heteroatoms. The average molecular weight is 331 g/mol. The lowest BCUT2D eigenvalue weighted by Crippen LogP contribution is -2.40. The molecule has 0 N–H and O–H groups in total. The molecule has 2 aromatic heterocycles. The Morgan fingerprint density at radius 2 is 2.30 bits per heavy atom. The van der Waals surface area contributed by atoms with Gasteiger partial charge in [-0.3, -0.25) is 4.79 Å². The molecule has 1 amide bonds.